The van der Waals surface area contributed by atoms with E-state index in [2.05, 4.69) is 48.1 Å². The Balaban J connectivity index is 0.000000568. The van der Waals surface area contributed by atoms with Crippen molar-refractivity contribution in [2.24, 2.45) is 0 Å². The minimum absolute atomic E-state index is 0.868. The van der Waals surface area contributed by atoms with Crippen LogP contribution in [0.4, 0.5) is 11.4 Å². The topological polar surface area (TPSA) is 99.5 Å². The highest BCUT2D eigenvalue weighted by molar-refractivity contribution is 6.27. The molecule has 2 N–H and O–H groups in total. The first-order chi connectivity index (χ1) is 13.4. The number of aliphatic carboxylic acids is 2. The van der Waals surface area contributed by atoms with Gasteiger partial charge in [-0.15, -0.1) is 0 Å². The van der Waals surface area contributed by atoms with Gasteiger partial charge in [-0.2, -0.15) is 0 Å². The molecule has 0 bridgehead atoms. The van der Waals surface area contributed by atoms with E-state index in [1.807, 2.05) is 24.3 Å². The second kappa shape index (κ2) is 11.3. The molecule has 0 fully saturated rings. The van der Waals surface area contributed by atoms with Gasteiger partial charge < -0.3 is 19.7 Å². The summed E-state index contributed by atoms with van der Waals surface area (Å²) in [4.78, 5) is 18.2. The van der Waals surface area contributed by atoms with Crippen molar-refractivity contribution in [2.75, 3.05) is 37.3 Å². The van der Waals surface area contributed by atoms with Crippen LogP contribution in [0.3, 0.4) is 0 Å². The lowest BCUT2D eigenvalue weighted by molar-refractivity contribution is -0.159. The van der Waals surface area contributed by atoms with Gasteiger partial charge in [0.05, 0.1) is 25.6 Å². The van der Waals surface area contributed by atoms with Gasteiger partial charge >= 0.3 is 11.9 Å². The highest BCUT2D eigenvalue weighted by Gasteiger charge is 2.14. The number of carboxylic acids is 2. The predicted molar refractivity (Wildman–Crippen MR) is 107 cm³/mol. The molecule has 0 spiro atoms. The van der Waals surface area contributed by atoms with Gasteiger partial charge in [-0.05, 0) is 62.4 Å². The van der Waals surface area contributed by atoms with Gasteiger partial charge in [-0.3, -0.25) is 10.0 Å². The van der Waals surface area contributed by atoms with E-state index in [4.69, 9.17) is 29.3 Å². The molecule has 0 aliphatic carbocycles. The highest BCUT2D eigenvalue weighted by Crippen LogP contribution is 2.26. The fraction of sp³-hybridized carbons (Fsp3) is 0.300. The van der Waals surface area contributed by atoms with Gasteiger partial charge in [0, 0.05) is 13.1 Å². The van der Waals surface area contributed by atoms with E-state index in [0.29, 0.717) is 0 Å². The summed E-state index contributed by atoms with van der Waals surface area (Å²) in [5, 5.41) is 19.3. The number of hydrogen-bond donors (Lipinski definition) is 2. The van der Waals surface area contributed by atoms with E-state index in [-0.39, 0.29) is 0 Å². The van der Waals surface area contributed by atoms with Crippen molar-refractivity contribution in [2.45, 2.75) is 13.8 Å². The number of ether oxygens (including phenoxy) is 2. The van der Waals surface area contributed by atoms with Gasteiger partial charge in [0.2, 0.25) is 0 Å². The van der Waals surface area contributed by atoms with Crippen molar-refractivity contribution < 1.29 is 29.3 Å². The summed E-state index contributed by atoms with van der Waals surface area (Å²) in [6.45, 7) is 6.06. The van der Waals surface area contributed by atoms with Crippen molar-refractivity contribution in [1.82, 2.24) is 0 Å². The largest absolute Gasteiger partial charge is 0.497 e. The number of carbonyl (C=O) groups is 2. The third-order valence-corrected chi connectivity index (χ3v) is 3.81. The fourth-order valence-electron chi connectivity index (χ4n) is 2.49. The maximum absolute atomic E-state index is 9.10. The molecule has 0 aliphatic rings. The molecule has 8 nitrogen and oxygen atoms in total. The minimum Gasteiger partial charge on any atom is -0.497 e. The Morgan fingerprint density at radius 3 is 1.18 bits per heavy atom. The molecular formula is C20H26N2O6. The molecule has 0 aromatic heterocycles. The molecule has 2 rings (SSSR count). The second-order valence-electron chi connectivity index (χ2n) is 5.44. The quantitative estimate of drug-likeness (QED) is 0.549. The third-order valence-electron chi connectivity index (χ3n) is 3.81. The first kappa shape index (κ1) is 22.6. The molecule has 152 valence electrons. The van der Waals surface area contributed by atoms with Crippen molar-refractivity contribution in [3.63, 3.8) is 0 Å². The van der Waals surface area contributed by atoms with Gasteiger partial charge in [0.25, 0.3) is 0 Å². The summed E-state index contributed by atoms with van der Waals surface area (Å²) in [5.41, 5.74) is 2.28. The van der Waals surface area contributed by atoms with E-state index in [1.165, 1.54) is 0 Å². The van der Waals surface area contributed by atoms with Gasteiger partial charge in [0.15, 0.2) is 0 Å². The predicted octanol–water partition coefficient (Wildman–Crippen LogP) is 3.13. The Labute approximate surface area is 164 Å². The fourth-order valence-corrected chi connectivity index (χ4v) is 2.49. The molecule has 0 saturated heterocycles. The molecule has 0 radical (unpaired) electrons. The molecule has 0 saturated carbocycles. The Kier molecular flexibility index (Phi) is 9.15. The number of methoxy groups -OCH3 is 2. The molecule has 0 atom stereocenters. The summed E-state index contributed by atoms with van der Waals surface area (Å²) in [7, 11) is 3.37. The van der Waals surface area contributed by atoms with Crippen LogP contribution >= 0.6 is 0 Å². The second-order valence-corrected chi connectivity index (χ2v) is 5.44. The van der Waals surface area contributed by atoms with Crippen molar-refractivity contribution in [1.29, 1.82) is 0 Å². The summed E-state index contributed by atoms with van der Waals surface area (Å²) >= 11 is 0. The van der Waals surface area contributed by atoms with Crippen LogP contribution in [-0.4, -0.2) is 49.5 Å². The molecule has 2 aromatic carbocycles. The van der Waals surface area contributed by atoms with Crippen LogP contribution in [0.5, 0.6) is 11.5 Å². The number of anilines is 2. The number of hydrazine groups is 1. The van der Waals surface area contributed by atoms with E-state index in [0.717, 1.165) is 36.0 Å². The van der Waals surface area contributed by atoms with Crippen LogP contribution in [0.2, 0.25) is 0 Å². The SMILES string of the molecule is CCN(c1ccc(OC)cc1)N(CC)c1ccc(OC)cc1.O=C(O)C(=O)O. The molecular weight excluding hydrogens is 364 g/mol. The molecule has 0 heterocycles. The standard InChI is InChI=1S/C18H24N2O2.C2H2O4/c1-5-19(15-7-11-17(21-3)12-8-15)20(6-2)16-9-13-18(22-4)14-10-16;3-1(4)2(5)6/h7-14H,5-6H2,1-4H3;(H,3,4)(H,5,6). The molecule has 2 aromatic rings. The summed E-state index contributed by atoms with van der Waals surface area (Å²) < 4.78 is 10.5. The maximum atomic E-state index is 9.10. The van der Waals surface area contributed by atoms with Crippen LogP contribution in [0.25, 0.3) is 0 Å². The first-order valence-corrected chi connectivity index (χ1v) is 8.67. The molecule has 8 heteroatoms. The zero-order valence-electron chi connectivity index (χ0n) is 16.5. The summed E-state index contributed by atoms with van der Waals surface area (Å²) in [6.07, 6.45) is 0. The van der Waals surface area contributed by atoms with Gasteiger partial charge in [0.1, 0.15) is 11.5 Å². The molecule has 0 unspecified atom stereocenters. The van der Waals surface area contributed by atoms with Crippen molar-refractivity contribution in [3.8, 4) is 11.5 Å². The van der Waals surface area contributed by atoms with Gasteiger partial charge in [-0.1, -0.05) is 0 Å². The lowest BCUT2D eigenvalue weighted by Gasteiger charge is -2.37. The summed E-state index contributed by atoms with van der Waals surface area (Å²) in [6, 6.07) is 16.3. The van der Waals surface area contributed by atoms with E-state index >= 15 is 0 Å². The van der Waals surface area contributed by atoms with E-state index in [1.54, 1.807) is 14.2 Å². The smallest absolute Gasteiger partial charge is 0.414 e. The lowest BCUT2D eigenvalue weighted by Crippen LogP contribution is -2.43. The monoisotopic (exact) mass is 390 g/mol. The Hall–Kier alpha value is -3.42. The Morgan fingerprint density at radius 2 is 1.00 bits per heavy atom. The lowest BCUT2D eigenvalue weighted by atomic mass is 10.2. The number of rotatable bonds is 7. The average Bonchev–Trinajstić information content (AvgIpc) is 2.72. The van der Waals surface area contributed by atoms with Crippen LogP contribution in [-0.2, 0) is 9.59 Å². The van der Waals surface area contributed by atoms with Crippen molar-refractivity contribution in [3.05, 3.63) is 48.5 Å². The van der Waals surface area contributed by atoms with E-state index < -0.39 is 11.9 Å². The zero-order valence-corrected chi connectivity index (χ0v) is 16.5. The number of benzene rings is 2. The molecule has 28 heavy (non-hydrogen) atoms. The number of hydrogen-bond acceptors (Lipinski definition) is 6. The normalized spacial score (nSPS) is 9.57. The summed E-state index contributed by atoms with van der Waals surface area (Å²) in [5.74, 6) is -1.91. The average molecular weight is 390 g/mol. The molecule has 0 aliphatic heterocycles. The van der Waals surface area contributed by atoms with Crippen LogP contribution < -0.4 is 19.5 Å². The van der Waals surface area contributed by atoms with Crippen LogP contribution in [0.15, 0.2) is 48.5 Å². The highest BCUT2D eigenvalue weighted by atomic mass is 16.5. The van der Waals surface area contributed by atoms with Gasteiger partial charge in [-0.25, -0.2) is 9.59 Å². The van der Waals surface area contributed by atoms with Crippen molar-refractivity contribution >= 4 is 23.3 Å². The van der Waals surface area contributed by atoms with Crippen LogP contribution in [0.1, 0.15) is 13.8 Å². The third kappa shape index (κ3) is 6.39. The Bertz CT molecular complexity index is 681. The maximum Gasteiger partial charge on any atom is 0.414 e. The minimum atomic E-state index is -1.82. The first-order valence-electron chi connectivity index (χ1n) is 8.67. The van der Waals surface area contributed by atoms with Crippen LogP contribution in [0, 0.1) is 0 Å². The zero-order chi connectivity index (χ0) is 21.1. The van der Waals surface area contributed by atoms with E-state index in [9.17, 15) is 0 Å². The number of carboxylic acid groups (broad SMARTS) is 2. The Morgan fingerprint density at radius 1 is 0.714 bits per heavy atom. The molecule has 0 amide bonds. The number of nitrogens with zero attached hydrogens (tertiary/aromatic N) is 2.